The molecule has 0 radical (unpaired) electrons. The molecule has 2 atom stereocenters. The van der Waals surface area contributed by atoms with Crippen molar-refractivity contribution < 1.29 is 4.79 Å². The Bertz CT molecular complexity index is 291. The Morgan fingerprint density at radius 3 is 2.50 bits per heavy atom. The van der Waals surface area contributed by atoms with Crippen molar-refractivity contribution in [3.05, 3.63) is 0 Å². The number of hydrogen-bond acceptors (Lipinski definition) is 4. The summed E-state index contributed by atoms with van der Waals surface area (Å²) in [4.78, 5) is 19.2. The highest BCUT2D eigenvalue weighted by atomic mass is 16.2. The van der Waals surface area contributed by atoms with E-state index >= 15 is 0 Å². The third-order valence-electron chi connectivity index (χ3n) is 4.17. The SMILES string of the molecule is CC1CN(C)CCN1C(C)C(=O)N1CCNCC1. The standard InChI is InChI=1S/C13H26N4O/c1-11-10-15(3)8-9-17(11)12(2)13(18)16-6-4-14-5-7-16/h11-12,14H,4-10H2,1-3H3. The van der Waals surface area contributed by atoms with Crippen LogP contribution >= 0.6 is 0 Å². The molecule has 1 N–H and O–H groups in total. The van der Waals surface area contributed by atoms with E-state index in [-0.39, 0.29) is 6.04 Å². The van der Waals surface area contributed by atoms with Crippen LogP contribution in [0.2, 0.25) is 0 Å². The minimum Gasteiger partial charge on any atom is -0.339 e. The Kier molecular flexibility index (Phi) is 4.59. The first-order valence-electron chi connectivity index (χ1n) is 7.03. The first kappa shape index (κ1) is 13.8. The van der Waals surface area contributed by atoms with Gasteiger partial charge < -0.3 is 15.1 Å². The molecule has 5 heteroatoms. The summed E-state index contributed by atoms with van der Waals surface area (Å²) < 4.78 is 0. The molecule has 2 saturated heterocycles. The first-order valence-corrected chi connectivity index (χ1v) is 7.03. The van der Waals surface area contributed by atoms with Crippen molar-refractivity contribution in [3.63, 3.8) is 0 Å². The summed E-state index contributed by atoms with van der Waals surface area (Å²) in [5, 5.41) is 3.29. The zero-order chi connectivity index (χ0) is 13.1. The molecule has 104 valence electrons. The minimum absolute atomic E-state index is 0.0202. The largest absolute Gasteiger partial charge is 0.339 e. The topological polar surface area (TPSA) is 38.8 Å². The lowest BCUT2D eigenvalue weighted by Crippen LogP contribution is -2.59. The van der Waals surface area contributed by atoms with Crippen LogP contribution in [0.4, 0.5) is 0 Å². The van der Waals surface area contributed by atoms with E-state index in [9.17, 15) is 4.79 Å². The van der Waals surface area contributed by atoms with Gasteiger partial charge in [-0.1, -0.05) is 0 Å². The van der Waals surface area contributed by atoms with E-state index < -0.39 is 0 Å². The van der Waals surface area contributed by atoms with Gasteiger partial charge in [0.25, 0.3) is 0 Å². The van der Waals surface area contributed by atoms with Gasteiger partial charge in [-0.3, -0.25) is 9.69 Å². The number of amides is 1. The number of carbonyl (C=O) groups excluding carboxylic acids is 1. The normalized spacial score (nSPS) is 29.3. The van der Waals surface area contributed by atoms with E-state index in [2.05, 4.69) is 36.0 Å². The van der Waals surface area contributed by atoms with Crippen LogP contribution in [0.15, 0.2) is 0 Å². The second-order valence-corrected chi connectivity index (χ2v) is 5.60. The summed E-state index contributed by atoms with van der Waals surface area (Å²) in [6, 6.07) is 0.484. The smallest absolute Gasteiger partial charge is 0.239 e. The number of hydrogen-bond donors (Lipinski definition) is 1. The Hall–Kier alpha value is -0.650. The van der Waals surface area contributed by atoms with Gasteiger partial charge >= 0.3 is 0 Å². The van der Waals surface area contributed by atoms with Gasteiger partial charge in [0.2, 0.25) is 5.91 Å². The molecule has 2 aliphatic heterocycles. The maximum absolute atomic E-state index is 12.5. The Morgan fingerprint density at radius 2 is 1.89 bits per heavy atom. The van der Waals surface area contributed by atoms with Gasteiger partial charge in [0, 0.05) is 51.9 Å². The summed E-state index contributed by atoms with van der Waals surface area (Å²) >= 11 is 0. The van der Waals surface area contributed by atoms with E-state index in [4.69, 9.17) is 0 Å². The lowest BCUT2D eigenvalue weighted by molar-refractivity contribution is -0.138. The predicted molar refractivity (Wildman–Crippen MR) is 72.6 cm³/mol. The van der Waals surface area contributed by atoms with Crippen LogP contribution < -0.4 is 5.32 Å². The highest BCUT2D eigenvalue weighted by molar-refractivity contribution is 5.81. The molecule has 2 fully saturated rings. The van der Waals surface area contributed by atoms with Crippen LogP contribution in [0.1, 0.15) is 13.8 Å². The van der Waals surface area contributed by atoms with Crippen LogP contribution in [-0.2, 0) is 4.79 Å². The monoisotopic (exact) mass is 254 g/mol. The molecule has 0 spiro atoms. The molecule has 1 amide bonds. The molecule has 0 saturated carbocycles. The number of likely N-dealkylation sites (N-methyl/N-ethyl adjacent to an activating group) is 1. The second kappa shape index (κ2) is 5.99. The molecule has 18 heavy (non-hydrogen) atoms. The molecular formula is C13H26N4O. The van der Waals surface area contributed by atoms with Crippen molar-refractivity contribution in [1.29, 1.82) is 0 Å². The molecule has 0 bridgehead atoms. The maximum Gasteiger partial charge on any atom is 0.239 e. The number of nitrogens with zero attached hydrogens (tertiary/aromatic N) is 3. The van der Waals surface area contributed by atoms with Gasteiger partial charge in [0.05, 0.1) is 6.04 Å². The Morgan fingerprint density at radius 1 is 1.22 bits per heavy atom. The van der Waals surface area contributed by atoms with E-state index in [0.717, 1.165) is 45.8 Å². The fraction of sp³-hybridized carbons (Fsp3) is 0.923. The maximum atomic E-state index is 12.5. The molecular weight excluding hydrogens is 228 g/mol. The van der Waals surface area contributed by atoms with Crippen LogP contribution in [0.5, 0.6) is 0 Å². The van der Waals surface area contributed by atoms with Gasteiger partial charge in [0.15, 0.2) is 0 Å². The molecule has 2 rings (SSSR count). The fourth-order valence-electron chi connectivity index (χ4n) is 3.02. The molecule has 0 aliphatic carbocycles. The molecule has 2 aliphatic rings. The highest BCUT2D eigenvalue weighted by Gasteiger charge is 2.32. The minimum atomic E-state index is 0.0202. The third-order valence-corrected chi connectivity index (χ3v) is 4.17. The number of rotatable bonds is 2. The zero-order valence-electron chi connectivity index (χ0n) is 11.9. The Labute approximate surface area is 110 Å². The summed E-state index contributed by atoms with van der Waals surface area (Å²) in [7, 11) is 2.15. The van der Waals surface area contributed by atoms with Gasteiger partial charge in [-0.2, -0.15) is 0 Å². The second-order valence-electron chi connectivity index (χ2n) is 5.60. The van der Waals surface area contributed by atoms with Gasteiger partial charge in [0.1, 0.15) is 0 Å². The van der Waals surface area contributed by atoms with Crippen LogP contribution in [0.25, 0.3) is 0 Å². The predicted octanol–water partition coefficient (Wildman–Crippen LogP) is -0.557. The molecule has 0 aromatic rings. The van der Waals surface area contributed by atoms with Crippen molar-refractivity contribution in [2.24, 2.45) is 0 Å². The average molecular weight is 254 g/mol. The number of carbonyl (C=O) groups is 1. The van der Waals surface area contributed by atoms with Gasteiger partial charge in [-0.25, -0.2) is 0 Å². The van der Waals surface area contributed by atoms with Gasteiger partial charge in [-0.05, 0) is 20.9 Å². The molecule has 5 nitrogen and oxygen atoms in total. The summed E-state index contributed by atoms with van der Waals surface area (Å²) in [5.74, 6) is 0.299. The van der Waals surface area contributed by atoms with Crippen molar-refractivity contribution in [3.8, 4) is 0 Å². The van der Waals surface area contributed by atoms with E-state index in [1.807, 2.05) is 4.90 Å². The number of piperazine rings is 2. The summed E-state index contributed by atoms with van der Waals surface area (Å²) in [6.45, 7) is 11.0. The lowest BCUT2D eigenvalue weighted by atomic mass is 10.1. The Balaban J connectivity index is 1.93. The molecule has 2 heterocycles. The average Bonchev–Trinajstić information content (AvgIpc) is 2.38. The van der Waals surface area contributed by atoms with Crippen molar-refractivity contribution in [2.75, 3.05) is 52.9 Å². The summed E-state index contributed by atoms with van der Waals surface area (Å²) in [5.41, 5.74) is 0. The quantitative estimate of drug-likeness (QED) is 0.717. The lowest BCUT2D eigenvalue weighted by Gasteiger charge is -2.42. The fourth-order valence-corrected chi connectivity index (χ4v) is 3.02. The van der Waals surface area contributed by atoms with Crippen molar-refractivity contribution in [2.45, 2.75) is 25.9 Å². The first-order chi connectivity index (χ1) is 8.59. The molecule has 0 aromatic heterocycles. The molecule has 0 aromatic carbocycles. The van der Waals surface area contributed by atoms with E-state index in [0.29, 0.717) is 11.9 Å². The highest BCUT2D eigenvalue weighted by Crippen LogP contribution is 2.14. The van der Waals surface area contributed by atoms with Crippen LogP contribution in [-0.4, -0.2) is 85.6 Å². The van der Waals surface area contributed by atoms with E-state index in [1.165, 1.54) is 0 Å². The third kappa shape index (κ3) is 3.02. The van der Waals surface area contributed by atoms with Crippen molar-refractivity contribution in [1.82, 2.24) is 20.0 Å². The summed E-state index contributed by atoms with van der Waals surface area (Å²) in [6.07, 6.45) is 0. The van der Waals surface area contributed by atoms with Crippen LogP contribution in [0, 0.1) is 0 Å². The molecule has 2 unspecified atom stereocenters. The van der Waals surface area contributed by atoms with Gasteiger partial charge in [-0.15, -0.1) is 0 Å². The zero-order valence-corrected chi connectivity index (χ0v) is 11.9. The van der Waals surface area contributed by atoms with Crippen molar-refractivity contribution >= 4 is 5.91 Å². The number of nitrogens with one attached hydrogen (secondary N) is 1. The van der Waals surface area contributed by atoms with E-state index in [1.54, 1.807) is 0 Å². The van der Waals surface area contributed by atoms with Crippen LogP contribution in [0.3, 0.4) is 0 Å².